The molecule has 15 nitrogen and oxygen atoms in total. The van der Waals surface area contributed by atoms with E-state index in [9.17, 15) is 55.1 Å². The van der Waals surface area contributed by atoms with Crippen LogP contribution in [-0.4, -0.2) is 72.2 Å². The van der Waals surface area contributed by atoms with E-state index in [1.807, 2.05) is 0 Å². The van der Waals surface area contributed by atoms with Gasteiger partial charge in [-0.25, -0.2) is 9.78 Å². The first kappa shape index (κ1) is 47.9. The van der Waals surface area contributed by atoms with Crippen molar-refractivity contribution in [2.24, 2.45) is 0 Å². The maximum atomic E-state index is 13.7. The maximum absolute atomic E-state index is 13.7. The Balaban J connectivity index is 1.23. The number of rotatable bonds is 20. The van der Waals surface area contributed by atoms with Gasteiger partial charge in [0, 0.05) is 30.9 Å². The molecule has 0 aromatic heterocycles. The van der Waals surface area contributed by atoms with Gasteiger partial charge >= 0.3 is 30.3 Å². The minimum Gasteiger partial charge on any atom is -0.489 e. The summed E-state index contributed by atoms with van der Waals surface area (Å²) in [4.78, 5) is 78.8. The van der Waals surface area contributed by atoms with Gasteiger partial charge in [0.05, 0.1) is 0 Å². The number of alkyl halides is 6. The fourth-order valence-electron chi connectivity index (χ4n) is 6.02. The van der Waals surface area contributed by atoms with E-state index in [2.05, 4.69) is 20.9 Å². The summed E-state index contributed by atoms with van der Waals surface area (Å²) in [6, 6.07) is 21.5. The van der Waals surface area contributed by atoms with Crippen LogP contribution in [0.3, 0.4) is 0 Å². The van der Waals surface area contributed by atoms with Crippen molar-refractivity contribution < 1.29 is 64.2 Å². The molecular weight excluding hydrogens is 858 g/mol. The van der Waals surface area contributed by atoms with E-state index in [0.717, 1.165) is 0 Å². The number of fused-ring (bicyclic) bond motifs is 2. The predicted octanol–water partition coefficient (Wildman–Crippen LogP) is 6.29. The van der Waals surface area contributed by atoms with E-state index in [4.69, 9.17) is 13.9 Å². The van der Waals surface area contributed by atoms with E-state index in [1.165, 1.54) is 12.1 Å². The molecule has 1 aliphatic heterocycles. The van der Waals surface area contributed by atoms with Crippen LogP contribution in [0.1, 0.15) is 49.7 Å². The number of alkyl carbamates (subject to hydrolysis) is 1. The predicted molar refractivity (Wildman–Crippen MR) is 218 cm³/mol. The van der Waals surface area contributed by atoms with Crippen LogP contribution in [0.15, 0.2) is 100 Å². The van der Waals surface area contributed by atoms with Crippen molar-refractivity contribution in [2.45, 2.75) is 76.2 Å². The quantitative estimate of drug-likeness (QED) is 0.0335. The van der Waals surface area contributed by atoms with E-state index in [0.29, 0.717) is 39.4 Å². The molecule has 5 amide bonds. The van der Waals surface area contributed by atoms with Crippen LogP contribution in [0.4, 0.5) is 36.8 Å². The minimum absolute atomic E-state index is 0.0211. The molecule has 0 saturated heterocycles. The summed E-state index contributed by atoms with van der Waals surface area (Å²) in [5.74, 6) is -5.18. The van der Waals surface area contributed by atoms with E-state index in [1.54, 1.807) is 89.5 Å². The monoisotopic (exact) mass is 900 g/mol. The average Bonchev–Trinajstić information content (AvgIpc) is 3.25. The minimum atomic E-state index is -5.10. The third kappa shape index (κ3) is 15.0. The van der Waals surface area contributed by atoms with Gasteiger partial charge in [0.15, 0.2) is 16.8 Å². The van der Waals surface area contributed by atoms with Crippen LogP contribution < -0.4 is 36.7 Å². The fraction of sp³-hybridized carbons (Fsp3) is 0.326. The Morgan fingerprint density at radius 3 is 1.89 bits per heavy atom. The third-order valence-electron chi connectivity index (χ3n) is 9.33. The number of nitrogens with one attached hydrogen (secondary N) is 5. The Kier molecular flexibility index (Phi) is 16.6. The van der Waals surface area contributed by atoms with Gasteiger partial charge in [-0.15, -0.1) is 0 Å². The lowest BCUT2D eigenvalue weighted by Crippen LogP contribution is -2.52. The van der Waals surface area contributed by atoms with Crippen LogP contribution in [0.2, 0.25) is 0 Å². The molecule has 0 spiro atoms. The molecule has 0 fully saturated rings. The highest BCUT2D eigenvalue weighted by molar-refractivity contribution is 5.98. The summed E-state index contributed by atoms with van der Waals surface area (Å²) < 4.78 is 92.9. The molecule has 3 aromatic carbocycles. The molecule has 0 saturated carbocycles. The van der Waals surface area contributed by atoms with Crippen molar-refractivity contribution in [1.29, 1.82) is 0 Å². The summed E-state index contributed by atoms with van der Waals surface area (Å²) in [5, 5.41) is 11.1. The highest BCUT2D eigenvalue weighted by atomic mass is 19.4. The molecule has 1 aliphatic carbocycles. The highest BCUT2D eigenvalue weighted by Gasteiger charge is 2.39. The largest absolute Gasteiger partial charge is 0.489 e. The Morgan fingerprint density at radius 1 is 0.656 bits per heavy atom. The molecule has 5 rings (SSSR count). The topological polar surface area (TPSA) is 207 Å². The number of halogens is 6. The van der Waals surface area contributed by atoms with Crippen LogP contribution >= 0.6 is 0 Å². The molecular formula is C43H42F6N6O9. The van der Waals surface area contributed by atoms with Crippen LogP contribution in [0.25, 0.3) is 22.6 Å². The lowest BCUT2D eigenvalue weighted by Gasteiger charge is -2.23. The molecule has 64 heavy (non-hydrogen) atoms. The normalized spacial score (nSPS) is 12.5. The Morgan fingerprint density at radius 2 is 1.27 bits per heavy atom. The molecule has 340 valence electrons. The molecule has 0 unspecified atom stereocenters. The summed E-state index contributed by atoms with van der Waals surface area (Å²) in [6.07, 6.45) is -11.5. The number of nitrogens with zero attached hydrogens (tertiary/aromatic N) is 1. The average molecular weight is 901 g/mol. The lowest BCUT2D eigenvalue weighted by atomic mass is 10.1. The SMILES string of the molecule is O=C(N[C@@H](CCCCNC(=O)C(F)(F)F)C(=O)N[C@@H](CCCCNC(=O)C(F)(F)F)C(=O)Nc1ccc(COc2ccc3nc4ccc(=O)cc-4oc3c2)cc1)OCc1ccccc1. The highest BCUT2D eigenvalue weighted by Crippen LogP contribution is 2.27. The van der Waals surface area contributed by atoms with Gasteiger partial charge in [0.25, 0.3) is 0 Å². The zero-order valence-corrected chi connectivity index (χ0v) is 33.8. The number of ether oxygens (including phenoxy) is 2. The van der Waals surface area contributed by atoms with Gasteiger partial charge in [-0.1, -0.05) is 42.5 Å². The van der Waals surface area contributed by atoms with E-state index < -0.39 is 67.2 Å². The first-order valence-electron chi connectivity index (χ1n) is 19.8. The number of carbonyl (C=O) groups excluding carboxylic acids is 5. The number of benzene rings is 4. The Bertz CT molecular complexity index is 2410. The van der Waals surface area contributed by atoms with Gasteiger partial charge in [-0.05, 0) is 86.1 Å². The number of carbonyl (C=O) groups is 5. The standard InChI is InChI=1S/C43H42F6N6O9/c44-42(45,46)39(59)50-20-6-4-10-33(54-38(58)34(11-5-7-21-51-40(60)43(47,48)49)55-41(61)63-25-26-8-2-1-3-9-26)37(57)52-28-14-12-27(13-15-28)24-62-30-17-19-32-36(23-30)64-35-22-29(56)16-18-31(35)53-32/h1-3,8-9,12-19,22-23,33-34H,4-7,10-11,20-21,24-25H2,(H,50,59)(H,51,60)(H,52,57)(H,54,58)(H,55,61)/t33-,34-/m0/s1. The van der Waals surface area contributed by atoms with Gasteiger partial charge in [-0.2, -0.15) is 26.3 Å². The fourth-order valence-corrected chi connectivity index (χ4v) is 6.02. The Hall–Kier alpha value is -7.19. The number of unbranched alkanes of at least 4 members (excludes halogenated alkanes) is 2. The first-order valence-corrected chi connectivity index (χ1v) is 19.8. The summed E-state index contributed by atoms with van der Waals surface area (Å²) in [7, 11) is 0. The van der Waals surface area contributed by atoms with E-state index in [-0.39, 0.29) is 62.9 Å². The number of aromatic nitrogens is 1. The smallest absolute Gasteiger partial charge is 0.471 e. The number of hydrogen-bond donors (Lipinski definition) is 5. The van der Waals surface area contributed by atoms with Crippen molar-refractivity contribution in [3.8, 4) is 17.2 Å². The number of hydrogen-bond acceptors (Lipinski definition) is 10. The summed E-state index contributed by atoms with van der Waals surface area (Å²) in [5.41, 5.74) is 2.81. The zero-order chi connectivity index (χ0) is 46.3. The van der Waals surface area contributed by atoms with Crippen molar-refractivity contribution in [3.05, 3.63) is 112 Å². The first-order chi connectivity index (χ1) is 30.4. The van der Waals surface area contributed by atoms with Crippen molar-refractivity contribution in [3.63, 3.8) is 0 Å². The van der Waals surface area contributed by atoms with Crippen LogP contribution in [0.5, 0.6) is 5.75 Å². The molecule has 2 aliphatic rings. The second kappa shape index (κ2) is 22.2. The van der Waals surface area contributed by atoms with Crippen molar-refractivity contribution in [2.75, 3.05) is 18.4 Å². The van der Waals surface area contributed by atoms with Crippen LogP contribution in [0, 0.1) is 0 Å². The molecule has 3 aromatic rings. The molecule has 1 heterocycles. The second-order valence-corrected chi connectivity index (χ2v) is 14.3. The molecule has 2 atom stereocenters. The number of anilines is 1. The van der Waals surface area contributed by atoms with Gasteiger partial charge in [-0.3, -0.25) is 24.0 Å². The van der Waals surface area contributed by atoms with Gasteiger partial charge in [0.1, 0.15) is 42.3 Å². The summed E-state index contributed by atoms with van der Waals surface area (Å²) in [6.45, 7) is -0.875. The van der Waals surface area contributed by atoms with Crippen LogP contribution in [-0.2, 0) is 37.1 Å². The molecule has 0 bridgehead atoms. The summed E-state index contributed by atoms with van der Waals surface area (Å²) >= 11 is 0. The van der Waals surface area contributed by atoms with Crippen molar-refractivity contribution in [1.82, 2.24) is 26.3 Å². The third-order valence-corrected chi connectivity index (χ3v) is 9.33. The number of amides is 5. The van der Waals surface area contributed by atoms with Crippen molar-refractivity contribution >= 4 is 46.5 Å². The van der Waals surface area contributed by atoms with Gasteiger partial charge < -0.3 is 40.5 Å². The molecule has 21 heteroatoms. The lowest BCUT2D eigenvalue weighted by molar-refractivity contribution is -0.173. The maximum Gasteiger partial charge on any atom is 0.471 e. The molecule has 0 radical (unpaired) electrons. The van der Waals surface area contributed by atoms with Gasteiger partial charge in [0.2, 0.25) is 11.8 Å². The second-order valence-electron chi connectivity index (χ2n) is 14.3. The van der Waals surface area contributed by atoms with E-state index >= 15 is 0 Å². The zero-order valence-electron chi connectivity index (χ0n) is 33.8. The molecule has 5 N–H and O–H groups in total. The Labute approximate surface area is 360 Å².